The number of nitrogens with zero attached hydrogens (tertiary/aromatic N) is 1. The lowest BCUT2D eigenvalue weighted by Crippen LogP contribution is -2.34. The van der Waals surface area contributed by atoms with Crippen molar-refractivity contribution in [1.82, 2.24) is 10.2 Å². The first-order chi connectivity index (χ1) is 11.9. The van der Waals surface area contributed by atoms with Gasteiger partial charge in [0, 0.05) is 11.6 Å². The molecular weight excluding hydrogens is 336 g/mol. The molecule has 1 aliphatic rings. The van der Waals surface area contributed by atoms with Crippen LogP contribution >= 0.6 is 11.6 Å². The summed E-state index contributed by atoms with van der Waals surface area (Å²) >= 11 is 6.21. The second-order valence-corrected chi connectivity index (χ2v) is 7.88. The second kappa shape index (κ2) is 9.44. The van der Waals surface area contributed by atoms with E-state index in [1.807, 2.05) is 19.1 Å². The SMILES string of the molecule is Cc1cc(OCC(=O)NCCC2CCN(C)CC2)c(C(C)C)cc1Cl. The molecule has 0 saturated carbocycles. The molecule has 25 heavy (non-hydrogen) atoms. The maximum absolute atomic E-state index is 12.1. The van der Waals surface area contributed by atoms with E-state index in [4.69, 9.17) is 16.3 Å². The maximum Gasteiger partial charge on any atom is 0.257 e. The molecule has 1 aliphatic heterocycles. The summed E-state index contributed by atoms with van der Waals surface area (Å²) in [4.78, 5) is 14.4. The molecule has 0 aromatic heterocycles. The number of benzene rings is 1. The fourth-order valence-corrected chi connectivity index (χ4v) is 3.38. The molecule has 1 aromatic carbocycles. The summed E-state index contributed by atoms with van der Waals surface area (Å²) in [6, 6.07) is 3.86. The van der Waals surface area contributed by atoms with Crippen molar-refractivity contribution in [3.8, 4) is 5.75 Å². The van der Waals surface area contributed by atoms with Crippen LogP contribution < -0.4 is 10.1 Å². The van der Waals surface area contributed by atoms with Crippen LogP contribution in [0.1, 0.15) is 50.2 Å². The highest BCUT2D eigenvalue weighted by molar-refractivity contribution is 6.31. The van der Waals surface area contributed by atoms with Crippen LogP contribution in [0.5, 0.6) is 5.75 Å². The van der Waals surface area contributed by atoms with Crippen LogP contribution in [-0.2, 0) is 4.79 Å². The van der Waals surface area contributed by atoms with E-state index in [1.165, 1.54) is 12.8 Å². The molecule has 2 rings (SSSR count). The first-order valence-electron chi connectivity index (χ1n) is 9.25. The third-order valence-electron chi connectivity index (χ3n) is 4.98. The van der Waals surface area contributed by atoms with Crippen LogP contribution in [0.4, 0.5) is 0 Å². The normalized spacial score (nSPS) is 16.2. The molecule has 0 atom stereocenters. The zero-order valence-electron chi connectivity index (χ0n) is 15.9. The van der Waals surface area contributed by atoms with E-state index in [-0.39, 0.29) is 12.5 Å². The largest absolute Gasteiger partial charge is 0.483 e. The predicted octanol–water partition coefficient (Wildman–Crippen LogP) is 4.00. The Morgan fingerprint density at radius 2 is 2.04 bits per heavy atom. The fraction of sp³-hybridized carbons (Fsp3) is 0.650. The van der Waals surface area contributed by atoms with E-state index in [0.717, 1.165) is 53.9 Å². The lowest BCUT2D eigenvalue weighted by atomic mass is 9.94. The Balaban J connectivity index is 1.77. The predicted molar refractivity (Wildman–Crippen MR) is 104 cm³/mol. The van der Waals surface area contributed by atoms with Gasteiger partial charge in [0.25, 0.3) is 5.91 Å². The van der Waals surface area contributed by atoms with Crippen LogP contribution in [0.15, 0.2) is 12.1 Å². The molecule has 1 N–H and O–H groups in total. The topological polar surface area (TPSA) is 41.6 Å². The number of ether oxygens (including phenoxy) is 1. The Morgan fingerprint density at radius 1 is 1.36 bits per heavy atom. The summed E-state index contributed by atoms with van der Waals surface area (Å²) in [5.74, 6) is 1.71. The molecule has 0 bridgehead atoms. The number of halogens is 1. The van der Waals surface area contributed by atoms with Gasteiger partial charge in [0.05, 0.1) is 0 Å². The first kappa shape index (κ1) is 20.1. The molecule has 140 valence electrons. The van der Waals surface area contributed by atoms with Gasteiger partial charge < -0.3 is 15.0 Å². The number of rotatable bonds is 7. The highest BCUT2D eigenvalue weighted by Gasteiger charge is 2.17. The monoisotopic (exact) mass is 366 g/mol. The summed E-state index contributed by atoms with van der Waals surface area (Å²) in [5.41, 5.74) is 2.00. The van der Waals surface area contributed by atoms with Gasteiger partial charge in [0.15, 0.2) is 6.61 Å². The van der Waals surface area contributed by atoms with E-state index < -0.39 is 0 Å². The summed E-state index contributed by atoms with van der Waals surface area (Å²) < 4.78 is 5.78. The highest BCUT2D eigenvalue weighted by Crippen LogP contribution is 2.31. The van der Waals surface area contributed by atoms with Crippen LogP contribution in [0, 0.1) is 12.8 Å². The van der Waals surface area contributed by atoms with E-state index in [2.05, 4.69) is 31.1 Å². The van der Waals surface area contributed by atoms with Crippen molar-refractivity contribution >= 4 is 17.5 Å². The minimum Gasteiger partial charge on any atom is -0.483 e. The molecule has 1 saturated heterocycles. The van der Waals surface area contributed by atoms with Gasteiger partial charge in [0.1, 0.15) is 5.75 Å². The summed E-state index contributed by atoms with van der Waals surface area (Å²) in [5, 5.41) is 3.72. The Bertz CT molecular complexity index is 581. The van der Waals surface area contributed by atoms with Crippen molar-refractivity contribution in [2.45, 2.75) is 46.0 Å². The molecule has 0 spiro atoms. The minimum atomic E-state index is -0.0600. The summed E-state index contributed by atoms with van der Waals surface area (Å²) in [6.07, 6.45) is 3.51. The van der Waals surface area contributed by atoms with Crippen molar-refractivity contribution in [2.75, 3.05) is 33.3 Å². The highest BCUT2D eigenvalue weighted by atomic mass is 35.5. The van der Waals surface area contributed by atoms with Gasteiger partial charge in [-0.1, -0.05) is 25.4 Å². The van der Waals surface area contributed by atoms with Crippen molar-refractivity contribution in [3.63, 3.8) is 0 Å². The van der Waals surface area contributed by atoms with Gasteiger partial charge in [-0.3, -0.25) is 4.79 Å². The van der Waals surface area contributed by atoms with Crippen LogP contribution in [0.3, 0.4) is 0 Å². The first-order valence-corrected chi connectivity index (χ1v) is 9.62. The van der Waals surface area contributed by atoms with Crippen LogP contribution in [0.25, 0.3) is 0 Å². The molecule has 1 aromatic rings. The van der Waals surface area contributed by atoms with Crippen molar-refractivity contribution in [1.29, 1.82) is 0 Å². The van der Waals surface area contributed by atoms with E-state index >= 15 is 0 Å². The molecule has 1 heterocycles. The summed E-state index contributed by atoms with van der Waals surface area (Å²) in [7, 11) is 2.17. The van der Waals surface area contributed by atoms with Gasteiger partial charge in [-0.2, -0.15) is 0 Å². The molecule has 5 heteroatoms. The van der Waals surface area contributed by atoms with Gasteiger partial charge in [0.2, 0.25) is 0 Å². The lowest BCUT2D eigenvalue weighted by Gasteiger charge is -2.28. The molecule has 1 fully saturated rings. The number of hydrogen-bond donors (Lipinski definition) is 1. The number of amides is 1. The summed E-state index contributed by atoms with van der Waals surface area (Å²) in [6.45, 7) is 9.23. The molecule has 1 amide bonds. The third kappa shape index (κ3) is 6.19. The average molecular weight is 367 g/mol. The second-order valence-electron chi connectivity index (χ2n) is 7.47. The Kier molecular flexibility index (Phi) is 7.57. The van der Waals surface area contributed by atoms with E-state index in [1.54, 1.807) is 0 Å². The zero-order chi connectivity index (χ0) is 18.4. The van der Waals surface area contributed by atoms with E-state index in [9.17, 15) is 4.79 Å². The smallest absolute Gasteiger partial charge is 0.257 e. The van der Waals surface area contributed by atoms with Gasteiger partial charge in [-0.25, -0.2) is 0 Å². The number of likely N-dealkylation sites (tertiary alicyclic amines) is 1. The number of hydrogen-bond acceptors (Lipinski definition) is 3. The van der Waals surface area contributed by atoms with Gasteiger partial charge >= 0.3 is 0 Å². The Labute approximate surface area is 156 Å². The zero-order valence-corrected chi connectivity index (χ0v) is 16.7. The molecule has 0 radical (unpaired) electrons. The number of carbonyl (C=O) groups is 1. The fourth-order valence-electron chi connectivity index (χ4n) is 3.21. The number of carbonyl (C=O) groups excluding carboxylic acids is 1. The number of nitrogens with one attached hydrogen (secondary N) is 1. The molecule has 0 aliphatic carbocycles. The van der Waals surface area contributed by atoms with Crippen molar-refractivity contribution in [2.24, 2.45) is 5.92 Å². The van der Waals surface area contributed by atoms with Gasteiger partial charge in [-0.05, 0) is 81.4 Å². The molecular formula is C20H31ClN2O2. The number of aryl methyl sites for hydroxylation is 1. The minimum absolute atomic E-state index is 0.0498. The van der Waals surface area contributed by atoms with Crippen LogP contribution in [0.2, 0.25) is 5.02 Å². The Morgan fingerprint density at radius 3 is 2.68 bits per heavy atom. The maximum atomic E-state index is 12.1. The quantitative estimate of drug-likeness (QED) is 0.793. The van der Waals surface area contributed by atoms with Crippen molar-refractivity contribution < 1.29 is 9.53 Å². The molecule has 4 nitrogen and oxygen atoms in total. The van der Waals surface area contributed by atoms with Crippen molar-refractivity contribution in [3.05, 3.63) is 28.3 Å². The number of piperidine rings is 1. The standard InChI is InChI=1S/C20H31ClN2O2/c1-14(2)17-12-18(21)15(3)11-19(17)25-13-20(24)22-8-5-16-6-9-23(4)10-7-16/h11-12,14,16H,5-10,13H2,1-4H3,(H,22,24). The average Bonchev–Trinajstić information content (AvgIpc) is 2.57. The van der Waals surface area contributed by atoms with Crippen LogP contribution in [-0.4, -0.2) is 44.1 Å². The third-order valence-corrected chi connectivity index (χ3v) is 5.39. The Hall–Kier alpha value is -1.26. The van der Waals surface area contributed by atoms with Gasteiger partial charge in [-0.15, -0.1) is 0 Å². The van der Waals surface area contributed by atoms with E-state index in [0.29, 0.717) is 5.92 Å². The lowest BCUT2D eigenvalue weighted by molar-refractivity contribution is -0.123. The molecule has 0 unspecified atom stereocenters.